The van der Waals surface area contributed by atoms with Crippen molar-refractivity contribution < 1.29 is 0 Å². The number of likely N-dealkylation sites (tertiary alicyclic amines) is 1. The molecule has 1 aliphatic heterocycles. The summed E-state index contributed by atoms with van der Waals surface area (Å²) in [6.45, 7) is 8.98. The highest BCUT2D eigenvalue weighted by molar-refractivity contribution is 7.12. The molecule has 3 heteroatoms. The molecule has 1 aromatic rings. The van der Waals surface area contributed by atoms with E-state index < -0.39 is 0 Å². The van der Waals surface area contributed by atoms with Gasteiger partial charge in [-0.1, -0.05) is 0 Å². The van der Waals surface area contributed by atoms with Gasteiger partial charge >= 0.3 is 0 Å². The fourth-order valence-corrected chi connectivity index (χ4v) is 3.42. The van der Waals surface area contributed by atoms with Gasteiger partial charge in [-0.15, -0.1) is 11.3 Å². The maximum Gasteiger partial charge on any atom is 0.0413 e. The first-order valence-electron chi connectivity index (χ1n) is 6.14. The van der Waals surface area contributed by atoms with Crippen LogP contribution in [0.2, 0.25) is 0 Å². The molecule has 1 fully saturated rings. The van der Waals surface area contributed by atoms with Gasteiger partial charge in [0.2, 0.25) is 0 Å². The van der Waals surface area contributed by atoms with Gasteiger partial charge in [0.15, 0.2) is 0 Å². The van der Waals surface area contributed by atoms with Crippen molar-refractivity contribution in [3.8, 4) is 0 Å². The summed E-state index contributed by atoms with van der Waals surface area (Å²) in [6.07, 6.45) is 1.26. The second-order valence-electron chi connectivity index (χ2n) is 5.03. The van der Waals surface area contributed by atoms with Crippen molar-refractivity contribution in [2.75, 3.05) is 13.1 Å². The van der Waals surface area contributed by atoms with Crippen LogP contribution in [0.5, 0.6) is 0 Å². The van der Waals surface area contributed by atoms with Gasteiger partial charge in [-0.25, -0.2) is 0 Å². The van der Waals surface area contributed by atoms with Crippen LogP contribution in [0.25, 0.3) is 0 Å². The van der Waals surface area contributed by atoms with Gasteiger partial charge in [-0.05, 0) is 51.8 Å². The number of hydrogen-bond donors (Lipinski definition) is 1. The van der Waals surface area contributed by atoms with Gasteiger partial charge in [-0.3, -0.25) is 4.90 Å². The zero-order valence-electron chi connectivity index (χ0n) is 10.4. The summed E-state index contributed by atoms with van der Waals surface area (Å²) in [5.74, 6) is 0.684. The molecule has 0 aliphatic carbocycles. The lowest BCUT2D eigenvalue weighted by Crippen LogP contribution is -2.30. The number of rotatable bonds is 3. The summed E-state index contributed by atoms with van der Waals surface area (Å²) in [7, 11) is 0. The topological polar surface area (TPSA) is 29.3 Å². The van der Waals surface area contributed by atoms with Gasteiger partial charge in [0.05, 0.1) is 0 Å². The molecule has 2 N–H and O–H groups in total. The smallest absolute Gasteiger partial charge is 0.0413 e. The molecule has 2 heterocycles. The quantitative estimate of drug-likeness (QED) is 0.877. The minimum atomic E-state index is 0.335. The number of aryl methyl sites for hydroxylation is 1. The van der Waals surface area contributed by atoms with Crippen LogP contribution in [-0.4, -0.2) is 24.0 Å². The Balaban J connectivity index is 1.99. The summed E-state index contributed by atoms with van der Waals surface area (Å²) in [5.41, 5.74) is 5.98. The number of nitrogens with zero attached hydrogens (tertiary/aromatic N) is 1. The van der Waals surface area contributed by atoms with Gasteiger partial charge in [0.1, 0.15) is 0 Å². The van der Waals surface area contributed by atoms with Crippen molar-refractivity contribution in [1.82, 2.24) is 4.90 Å². The second-order valence-corrected chi connectivity index (χ2v) is 6.35. The molecule has 1 aliphatic rings. The van der Waals surface area contributed by atoms with E-state index in [4.69, 9.17) is 5.73 Å². The zero-order chi connectivity index (χ0) is 11.7. The molecule has 0 spiro atoms. The van der Waals surface area contributed by atoms with E-state index in [1.807, 2.05) is 11.3 Å². The normalized spacial score (nSPS) is 25.9. The van der Waals surface area contributed by atoms with Gasteiger partial charge in [0, 0.05) is 28.4 Å². The second kappa shape index (κ2) is 4.86. The molecule has 16 heavy (non-hydrogen) atoms. The third-order valence-electron chi connectivity index (χ3n) is 3.72. The summed E-state index contributed by atoms with van der Waals surface area (Å²) in [6, 6.07) is 5.38. The summed E-state index contributed by atoms with van der Waals surface area (Å²) >= 11 is 1.92. The third-order valence-corrected chi connectivity index (χ3v) is 4.89. The van der Waals surface area contributed by atoms with Crippen molar-refractivity contribution in [3.63, 3.8) is 0 Å². The van der Waals surface area contributed by atoms with Crippen LogP contribution in [0, 0.1) is 12.8 Å². The Bertz CT molecular complexity index is 345. The fraction of sp³-hybridized carbons (Fsp3) is 0.692. The molecular weight excluding hydrogens is 216 g/mol. The largest absolute Gasteiger partial charge is 0.328 e. The summed E-state index contributed by atoms with van der Waals surface area (Å²) < 4.78 is 0. The molecule has 0 aromatic carbocycles. The molecule has 0 bridgehead atoms. The zero-order valence-corrected chi connectivity index (χ0v) is 11.3. The average Bonchev–Trinajstić information content (AvgIpc) is 2.84. The highest BCUT2D eigenvalue weighted by Crippen LogP contribution is 2.31. The average molecular weight is 238 g/mol. The lowest BCUT2D eigenvalue weighted by Gasteiger charge is -2.24. The van der Waals surface area contributed by atoms with Gasteiger partial charge in [-0.2, -0.15) is 0 Å². The van der Waals surface area contributed by atoms with Crippen LogP contribution < -0.4 is 5.73 Å². The number of nitrogens with two attached hydrogens (primary N) is 1. The van der Waals surface area contributed by atoms with Crippen molar-refractivity contribution in [2.45, 2.75) is 39.3 Å². The monoisotopic (exact) mass is 238 g/mol. The fourth-order valence-electron chi connectivity index (χ4n) is 2.45. The van der Waals surface area contributed by atoms with Crippen LogP contribution >= 0.6 is 11.3 Å². The molecule has 0 amide bonds. The Morgan fingerprint density at radius 1 is 1.44 bits per heavy atom. The van der Waals surface area contributed by atoms with Crippen molar-refractivity contribution >= 4 is 11.3 Å². The summed E-state index contributed by atoms with van der Waals surface area (Å²) in [4.78, 5) is 5.46. The van der Waals surface area contributed by atoms with Crippen LogP contribution in [0.4, 0.5) is 0 Å². The Labute approximate surface area is 102 Å². The SMILES string of the molecule is Cc1ccc(C(C)N2CCC(C(C)N)C2)s1. The van der Waals surface area contributed by atoms with E-state index in [1.54, 1.807) is 0 Å². The molecule has 3 atom stereocenters. The van der Waals surface area contributed by atoms with E-state index in [9.17, 15) is 0 Å². The van der Waals surface area contributed by atoms with E-state index in [0.717, 1.165) is 6.54 Å². The Hall–Kier alpha value is -0.380. The van der Waals surface area contributed by atoms with Crippen LogP contribution in [0.15, 0.2) is 12.1 Å². The highest BCUT2D eigenvalue weighted by atomic mass is 32.1. The summed E-state index contributed by atoms with van der Waals surface area (Å²) in [5, 5.41) is 0. The number of hydrogen-bond acceptors (Lipinski definition) is 3. The molecule has 2 rings (SSSR count). The minimum Gasteiger partial charge on any atom is -0.328 e. The van der Waals surface area contributed by atoms with E-state index in [-0.39, 0.29) is 0 Å². The molecule has 3 unspecified atom stereocenters. The lowest BCUT2D eigenvalue weighted by molar-refractivity contribution is 0.251. The van der Waals surface area contributed by atoms with E-state index >= 15 is 0 Å². The molecule has 1 saturated heterocycles. The van der Waals surface area contributed by atoms with Crippen LogP contribution in [0.1, 0.15) is 36.1 Å². The molecular formula is C13H22N2S. The minimum absolute atomic E-state index is 0.335. The highest BCUT2D eigenvalue weighted by Gasteiger charge is 2.29. The lowest BCUT2D eigenvalue weighted by atomic mass is 10.0. The maximum absolute atomic E-state index is 5.98. The molecule has 90 valence electrons. The molecule has 1 aromatic heterocycles. The number of thiophene rings is 1. The first-order chi connectivity index (χ1) is 7.58. The first kappa shape index (κ1) is 12.1. The Morgan fingerprint density at radius 3 is 2.69 bits per heavy atom. The van der Waals surface area contributed by atoms with E-state index in [2.05, 4.69) is 37.8 Å². The van der Waals surface area contributed by atoms with Gasteiger partial charge in [0.25, 0.3) is 0 Å². The Kier molecular flexibility index (Phi) is 3.67. The molecule has 2 nitrogen and oxygen atoms in total. The van der Waals surface area contributed by atoms with E-state index in [0.29, 0.717) is 18.0 Å². The van der Waals surface area contributed by atoms with Gasteiger partial charge < -0.3 is 5.73 Å². The Morgan fingerprint density at radius 2 is 2.19 bits per heavy atom. The van der Waals surface area contributed by atoms with Crippen molar-refractivity contribution in [3.05, 3.63) is 21.9 Å². The van der Waals surface area contributed by atoms with Crippen LogP contribution in [-0.2, 0) is 0 Å². The third kappa shape index (κ3) is 2.47. The first-order valence-corrected chi connectivity index (χ1v) is 6.95. The molecule has 0 radical (unpaired) electrons. The predicted molar refractivity (Wildman–Crippen MR) is 70.8 cm³/mol. The maximum atomic E-state index is 5.98. The predicted octanol–water partition coefficient (Wildman–Crippen LogP) is 2.79. The van der Waals surface area contributed by atoms with Crippen molar-refractivity contribution in [2.24, 2.45) is 11.7 Å². The van der Waals surface area contributed by atoms with Crippen molar-refractivity contribution in [1.29, 1.82) is 0 Å². The van der Waals surface area contributed by atoms with E-state index in [1.165, 1.54) is 22.7 Å². The molecule has 0 saturated carbocycles. The van der Waals surface area contributed by atoms with Crippen LogP contribution in [0.3, 0.4) is 0 Å². The standard InChI is InChI=1S/C13H22N2S/c1-9-4-5-13(16-9)11(3)15-7-6-12(8-15)10(2)14/h4-5,10-12H,6-8,14H2,1-3H3.